The van der Waals surface area contributed by atoms with E-state index in [0.717, 1.165) is 6.42 Å². The third-order valence-electron chi connectivity index (χ3n) is 3.18. The predicted octanol–water partition coefficient (Wildman–Crippen LogP) is 2.19. The summed E-state index contributed by atoms with van der Waals surface area (Å²) >= 11 is 0. The molecular weight excluding hydrogens is 184 g/mol. The Bertz CT molecular complexity index is 375. The van der Waals surface area contributed by atoms with E-state index in [4.69, 9.17) is 0 Å². The van der Waals surface area contributed by atoms with Crippen molar-refractivity contribution in [1.29, 1.82) is 0 Å². The van der Waals surface area contributed by atoms with Gasteiger partial charge in [0.2, 0.25) is 0 Å². The molecule has 1 atom stereocenters. The van der Waals surface area contributed by atoms with Crippen LogP contribution >= 0.6 is 0 Å². The minimum Gasteiger partial charge on any atom is -0.306 e. The van der Waals surface area contributed by atoms with Gasteiger partial charge in [0.15, 0.2) is 0 Å². The first kappa shape index (κ1) is 8.72. The number of nitrogens with one attached hydrogen (secondary N) is 1. The lowest BCUT2D eigenvalue weighted by molar-refractivity contribution is 0.517. The lowest BCUT2D eigenvalue weighted by Gasteiger charge is -2.14. The summed E-state index contributed by atoms with van der Waals surface area (Å²) < 4.78 is 0. The van der Waals surface area contributed by atoms with Gasteiger partial charge in [0.25, 0.3) is 0 Å². The van der Waals surface area contributed by atoms with Crippen molar-refractivity contribution in [1.82, 2.24) is 5.43 Å². The summed E-state index contributed by atoms with van der Waals surface area (Å²) in [5.74, 6) is 0.942. The standard InChI is InChI=1S/C13H14N2/c1-2-6-10(5-1)12-9-13(15-14-12)11-7-3-4-8-11/h1-8,10-12,14H,9H2. The molecule has 0 aromatic carbocycles. The smallest absolute Gasteiger partial charge is 0.0590 e. The fraction of sp³-hybridized carbons (Fsp3) is 0.308. The summed E-state index contributed by atoms with van der Waals surface area (Å²) in [6.45, 7) is 0. The highest BCUT2D eigenvalue weighted by atomic mass is 15.3. The Balaban J connectivity index is 1.66. The molecular formula is C13H14N2. The number of hydrazone groups is 1. The second-order valence-electron chi connectivity index (χ2n) is 4.19. The molecule has 2 aliphatic carbocycles. The number of hydrogen-bond donors (Lipinski definition) is 1. The molecule has 1 N–H and O–H groups in total. The van der Waals surface area contributed by atoms with Crippen molar-refractivity contribution in [3.63, 3.8) is 0 Å². The Morgan fingerprint density at radius 1 is 1.00 bits per heavy atom. The Morgan fingerprint density at radius 3 is 2.40 bits per heavy atom. The highest BCUT2D eigenvalue weighted by Crippen LogP contribution is 2.24. The van der Waals surface area contributed by atoms with E-state index in [-0.39, 0.29) is 0 Å². The summed E-state index contributed by atoms with van der Waals surface area (Å²) in [6.07, 6.45) is 18.3. The van der Waals surface area contributed by atoms with Gasteiger partial charge < -0.3 is 5.43 Å². The monoisotopic (exact) mass is 198 g/mol. The molecule has 2 nitrogen and oxygen atoms in total. The lowest BCUT2D eigenvalue weighted by atomic mass is 9.93. The number of nitrogens with zero attached hydrogens (tertiary/aromatic N) is 1. The van der Waals surface area contributed by atoms with Crippen LogP contribution in [0.2, 0.25) is 0 Å². The number of rotatable bonds is 2. The highest BCUT2D eigenvalue weighted by molar-refractivity contribution is 5.92. The van der Waals surface area contributed by atoms with Crippen molar-refractivity contribution in [3.8, 4) is 0 Å². The third-order valence-corrected chi connectivity index (χ3v) is 3.18. The molecule has 1 heterocycles. The summed E-state index contributed by atoms with van der Waals surface area (Å²) in [6, 6.07) is 0.456. The number of hydrogen-bond acceptors (Lipinski definition) is 2. The van der Waals surface area contributed by atoms with Crippen molar-refractivity contribution in [3.05, 3.63) is 48.6 Å². The maximum absolute atomic E-state index is 4.44. The van der Waals surface area contributed by atoms with Gasteiger partial charge in [0.1, 0.15) is 0 Å². The van der Waals surface area contributed by atoms with Gasteiger partial charge in [0, 0.05) is 18.3 Å². The normalized spacial score (nSPS) is 29.1. The van der Waals surface area contributed by atoms with Crippen LogP contribution in [0.25, 0.3) is 0 Å². The van der Waals surface area contributed by atoms with Gasteiger partial charge in [-0.2, -0.15) is 5.10 Å². The van der Waals surface area contributed by atoms with E-state index in [9.17, 15) is 0 Å². The Kier molecular flexibility index (Phi) is 2.05. The van der Waals surface area contributed by atoms with E-state index in [2.05, 4.69) is 59.1 Å². The van der Waals surface area contributed by atoms with Crippen molar-refractivity contribution < 1.29 is 0 Å². The molecule has 2 heteroatoms. The zero-order valence-corrected chi connectivity index (χ0v) is 8.51. The van der Waals surface area contributed by atoms with E-state index < -0.39 is 0 Å². The van der Waals surface area contributed by atoms with E-state index in [0.29, 0.717) is 17.9 Å². The quantitative estimate of drug-likeness (QED) is 0.722. The molecule has 1 aliphatic heterocycles. The average Bonchev–Trinajstić information content (AvgIpc) is 3.02. The fourth-order valence-electron chi connectivity index (χ4n) is 2.29. The molecule has 0 fully saturated rings. The first-order valence-corrected chi connectivity index (χ1v) is 5.45. The molecule has 0 radical (unpaired) electrons. The maximum atomic E-state index is 4.44. The first-order chi connectivity index (χ1) is 7.43. The van der Waals surface area contributed by atoms with Crippen LogP contribution in [0.5, 0.6) is 0 Å². The van der Waals surface area contributed by atoms with Gasteiger partial charge in [-0.15, -0.1) is 0 Å². The summed E-state index contributed by atoms with van der Waals surface area (Å²) in [4.78, 5) is 0. The molecule has 0 amide bonds. The van der Waals surface area contributed by atoms with Crippen LogP contribution in [-0.4, -0.2) is 11.8 Å². The van der Waals surface area contributed by atoms with Crippen molar-refractivity contribution in [2.24, 2.45) is 16.9 Å². The van der Waals surface area contributed by atoms with E-state index in [1.54, 1.807) is 0 Å². The molecule has 0 aromatic rings. The second kappa shape index (κ2) is 3.54. The first-order valence-electron chi connectivity index (χ1n) is 5.45. The fourth-order valence-corrected chi connectivity index (χ4v) is 2.29. The average molecular weight is 198 g/mol. The van der Waals surface area contributed by atoms with Crippen molar-refractivity contribution in [2.45, 2.75) is 12.5 Å². The molecule has 0 bridgehead atoms. The summed E-state index contributed by atoms with van der Waals surface area (Å²) in [5, 5.41) is 4.44. The minimum absolute atomic E-state index is 0.428. The van der Waals surface area contributed by atoms with Gasteiger partial charge in [0.05, 0.1) is 11.8 Å². The molecule has 0 saturated carbocycles. The summed E-state index contributed by atoms with van der Waals surface area (Å²) in [5.41, 5.74) is 4.51. The Labute approximate surface area is 89.8 Å². The Morgan fingerprint density at radius 2 is 1.67 bits per heavy atom. The molecule has 15 heavy (non-hydrogen) atoms. The van der Waals surface area contributed by atoms with Gasteiger partial charge in [-0.05, 0) is 0 Å². The van der Waals surface area contributed by atoms with Crippen LogP contribution in [0, 0.1) is 11.8 Å². The van der Waals surface area contributed by atoms with Crippen LogP contribution < -0.4 is 5.43 Å². The molecule has 0 aromatic heterocycles. The van der Waals surface area contributed by atoms with E-state index in [1.807, 2.05) is 0 Å². The van der Waals surface area contributed by atoms with Gasteiger partial charge in [-0.3, -0.25) is 0 Å². The van der Waals surface area contributed by atoms with Crippen LogP contribution in [0.15, 0.2) is 53.7 Å². The second-order valence-corrected chi connectivity index (χ2v) is 4.19. The molecule has 3 aliphatic rings. The molecule has 3 rings (SSSR count). The minimum atomic E-state index is 0.428. The zero-order chi connectivity index (χ0) is 10.1. The number of allylic oxidation sites excluding steroid dienone is 6. The van der Waals surface area contributed by atoms with Crippen LogP contribution in [0.1, 0.15) is 6.42 Å². The maximum Gasteiger partial charge on any atom is 0.0590 e. The molecule has 76 valence electrons. The van der Waals surface area contributed by atoms with Crippen molar-refractivity contribution >= 4 is 5.71 Å². The van der Waals surface area contributed by atoms with Crippen LogP contribution in [0.4, 0.5) is 0 Å². The highest BCUT2D eigenvalue weighted by Gasteiger charge is 2.27. The largest absolute Gasteiger partial charge is 0.306 e. The SMILES string of the molecule is C1=CC(C2=NNC(C3C=CC=C3)C2)C=C1. The topological polar surface area (TPSA) is 24.4 Å². The van der Waals surface area contributed by atoms with Crippen LogP contribution in [-0.2, 0) is 0 Å². The molecule has 0 saturated heterocycles. The van der Waals surface area contributed by atoms with Crippen LogP contribution in [0.3, 0.4) is 0 Å². The van der Waals surface area contributed by atoms with E-state index >= 15 is 0 Å². The van der Waals surface area contributed by atoms with Crippen molar-refractivity contribution in [2.75, 3.05) is 0 Å². The van der Waals surface area contributed by atoms with Gasteiger partial charge in [-0.25, -0.2) is 0 Å². The Hall–Kier alpha value is -1.57. The zero-order valence-electron chi connectivity index (χ0n) is 8.51. The third kappa shape index (κ3) is 1.56. The van der Waals surface area contributed by atoms with Gasteiger partial charge >= 0.3 is 0 Å². The van der Waals surface area contributed by atoms with E-state index in [1.165, 1.54) is 5.71 Å². The summed E-state index contributed by atoms with van der Waals surface area (Å²) in [7, 11) is 0. The molecule has 1 unspecified atom stereocenters. The lowest BCUT2D eigenvalue weighted by Crippen LogP contribution is -2.26. The predicted molar refractivity (Wildman–Crippen MR) is 62.5 cm³/mol. The molecule has 0 spiro atoms. The van der Waals surface area contributed by atoms with Gasteiger partial charge in [-0.1, -0.05) is 48.6 Å².